The first-order valence-corrected chi connectivity index (χ1v) is 17.4. The predicted octanol–water partition coefficient (Wildman–Crippen LogP) is 9.76. The van der Waals surface area contributed by atoms with Crippen molar-refractivity contribution in [3.8, 4) is 39.9 Å². The van der Waals surface area contributed by atoms with Gasteiger partial charge >= 0.3 is 6.48 Å². The maximum atomic E-state index is 10.4. The van der Waals surface area contributed by atoms with Crippen LogP contribution in [0.4, 0.5) is 0 Å². The number of rotatable bonds is 4. The third-order valence-corrected chi connectivity index (χ3v) is 11.3. The molecule has 9 rings (SSSR count). The van der Waals surface area contributed by atoms with Gasteiger partial charge in [-0.25, -0.2) is 0 Å². The summed E-state index contributed by atoms with van der Waals surface area (Å²) in [6, 6.07) is 29.2. The molecule has 0 aromatic heterocycles. The summed E-state index contributed by atoms with van der Waals surface area (Å²) in [5.41, 5.74) is 7.18. The number of fused-ring (bicyclic) bond motifs is 11. The van der Waals surface area contributed by atoms with Gasteiger partial charge in [-0.2, -0.15) is 0 Å². The molecule has 5 aromatic rings. The van der Waals surface area contributed by atoms with Gasteiger partial charge in [-0.1, -0.05) is 82.3 Å². The number of benzene rings is 5. The Bertz CT molecular complexity index is 2150. The van der Waals surface area contributed by atoms with Crippen molar-refractivity contribution in [2.75, 3.05) is 14.2 Å². The van der Waals surface area contributed by atoms with Gasteiger partial charge in [0.2, 0.25) is 0 Å². The van der Waals surface area contributed by atoms with Crippen LogP contribution in [0.3, 0.4) is 0 Å². The highest BCUT2D eigenvalue weighted by Gasteiger charge is 2.55. The van der Waals surface area contributed by atoms with Crippen LogP contribution >= 0.6 is 0 Å². The zero-order valence-electron chi connectivity index (χ0n) is 29.4. The van der Waals surface area contributed by atoms with Crippen LogP contribution in [-0.2, 0) is 11.0 Å². The normalized spacial score (nSPS) is 20.9. The molecule has 1 unspecified atom stereocenters. The molecule has 1 atom stereocenters. The molecule has 254 valence electrons. The average Bonchev–Trinajstić information content (AvgIpc) is 3.59. The van der Waals surface area contributed by atoms with Crippen molar-refractivity contribution in [1.29, 1.82) is 0 Å². The Hall–Kier alpha value is -4.94. The molecule has 1 saturated carbocycles. The zero-order valence-corrected chi connectivity index (χ0v) is 29.4. The van der Waals surface area contributed by atoms with E-state index in [9.17, 15) is 5.11 Å². The number of ether oxygens (including phenoxy) is 5. The highest BCUT2D eigenvalue weighted by atomic mass is 16.8. The van der Waals surface area contributed by atoms with Gasteiger partial charge in [0.15, 0.2) is 17.1 Å². The summed E-state index contributed by atoms with van der Waals surface area (Å²) in [5, 5.41) is 12.4. The van der Waals surface area contributed by atoms with Gasteiger partial charge in [0.1, 0.15) is 17.2 Å². The summed E-state index contributed by atoms with van der Waals surface area (Å²) in [6.45, 7) is 8.34. The van der Waals surface area contributed by atoms with E-state index in [0.29, 0.717) is 11.5 Å². The van der Waals surface area contributed by atoms with Crippen molar-refractivity contribution in [2.45, 2.75) is 64.4 Å². The molecule has 0 saturated heterocycles. The van der Waals surface area contributed by atoms with Crippen LogP contribution in [0.25, 0.3) is 28.0 Å². The minimum Gasteiger partial charge on any atom is -0.497 e. The van der Waals surface area contributed by atoms with Crippen LogP contribution in [0.2, 0.25) is 0 Å². The fourth-order valence-electron chi connectivity index (χ4n) is 10.2. The van der Waals surface area contributed by atoms with Crippen LogP contribution in [0, 0.1) is 10.8 Å². The summed E-state index contributed by atoms with van der Waals surface area (Å²) in [7, 11) is 3.36. The molecule has 2 aliphatic heterocycles. The Morgan fingerprint density at radius 2 is 1.26 bits per heavy atom. The standard InChI is InChI=1S/C44H42O6/c1-41(2)23-42(3,4)25-43(24-41)34-10-8-7-9-30(34)37-32-21-35-36(49-40(45)48-35)22-33(32)39-31(38(37)43)19-20-44(50-39,26-11-15-28(46-5)16-12-26)27-13-17-29(47-6)18-14-27/h7-22,40,45H,23-25H2,1-6H3. The Labute approximate surface area is 293 Å². The van der Waals surface area contributed by atoms with Gasteiger partial charge in [-0.05, 0) is 100 Å². The zero-order chi connectivity index (χ0) is 34.6. The monoisotopic (exact) mass is 666 g/mol. The Morgan fingerprint density at radius 3 is 1.84 bits per heavy atom. The van der Waals surface area contributed by atoms with E-state index >= 15 is 0 Å². The van der Waals surface area contributed by atoms with Gasteiger partial charge < -0.3 is 28.8 Å². The molecule has 0 bridgehead atoms. The van der Waals surface area contributed by atoms with Crippen LogP contribution in [0.15, 0.2) is 91.0 Å². The number of aliphatic hydroxyl groups is 1. The van der Waals surface area contributed by atoms with Crippen molar-refractivity contribution in [3.05, 3.63) is 119 Å². The lowest BCUT2D eigenvalue weighted by molar-refractivity contribution is -0.132. The number of methoxy groups -OCH3 is 2. The molecule has 2 heterocycles. The molecular weight excluding hydrogens is 624 g/mol. The number of aliphatic hydroxyl groups excluding tert-OH is 1. The Balaban J connectivity index is 1.38. The molecule has 1 spiro atoms. The van der Waals surface area contributed by atoms with Crippen LogP contribution in [-0.4, -0.2) is 25.8 Å². The smallest absolute Gasteiger partial charge is 0.358 e. The van der Waals surface area contributed by atoms with Crippen molar-refractivity contribution in [3.63, 3.8) is 0 Å². The lowest BCUT2D eigenvalue weighted by Crippen LogP contribution is -2.44. The van der Waals surface area contributed by atoms with E-state index in [4.69, 9.17) is 23.7 Å². The van der Waals surface area contributed by atoms with Gasteiger partial charge in [0, 0.05) is 27.5 Å². The van der Waals surface area contributed by atoms with Crippen LogP contribution < -0.4 is 23.7 Å². The van der Waals surface area contributed by atoms with E-state index in [0.717, 1.165) is 64.0 Å². The molecule has 1 N–H and O–H groups in total. The minimum absolute atomic E-state index is 0.104. The lowest BCUT2D eigenvalue weighted by Gasteiger charge is -2.52. The first-order chi connectivity index (χ1) is 24.0. The van der Waals surface area contributed by atoms with Crippen molar-refractivity contribution in [1.82, 2.24) is 0 Å². The summed E-state index contributed by atoms with van der Waals surface area (Å²) in [5.74, 6) is 3.35. The van der Waals surface area contributed by atoms with Gasteiger partial charge in [-0.15, -0.1) is 0 Å². The first kappa shape index (κ1) is 31.1. The van der Waals surface area contributed by atoms with Crippen molar-refractivity contribution >= 4 is 16.8 Å². The van der Waals surface area contributed by atoms with E-state index in [2.05, 4.69) is 88.4 Å². The maximum Gasteiger partial charge on any atom is 0.358 e. The fraction of sp³-hybridized carbons (Fsp3) is 0.318. The summed E-state index contributed by atoms with van der Waals surface area (Å²) in [6.07, 6.45) is 7.70. The second kappa shape index (κ2) is 10.5. The maximum absolute atomic E-state index is 10.4. The van der Waals surface area contributed by atoms with E-state index in [1.165, 1.54) is 22.3 Å². The minimum atomic E-state index is -1.36. The molecule has 6 nitrogen and oxygen atoms in total. The third-order valence-electron chi connectivity index (χ3n) is 11.3. The molecular formula is C44H42O6. The Kier molecular flexibility index (Phi) is 6.55. The fourth-order valence-corrected chi connectivity index (χ4v) is 10.2. The molecule has 0 radical (unpaired) electrons. The molecule has 1 fully saturated rings. The van der Waals surface area contributed by atoms with Crippen molar-refractivity contribution < 1.29 is 28.8 Å². The third kappa shape index (κ3) is 4.43. The SMILES string of the molecule is COc1ccc(C2(c3ccc(OC)cc3)C=Cc3c4c(c5cc6c(cc5c3O2)OC(O)O6)-c2ccccc2C42CC(C)(C)CC(C)(C)C2)cc1. The van der Waals surface area contributed by atoms with Gasteiger partial charge in [-0.3, -0.25) is 0 Å². The Morgan fingerprint density at radius 1 is 0.700 bits per heavy atom. The summed E-state index contributed by atoms with van der Waals surface area (Å²) < 4.78 is 30.2. The van der Waals surface area contributed by atoms with Gasteiger partial charge in [0.05, 0.1) is 14.2 Å². The molecule has 0 amide bonds. The summed E-state index contributed by atoms with van der Waals surface area (Å²) >= 11 is 0. The van der Waals surface area contributed by atoms with E-state index in [1.54, 1.807) is 14.2 Å². The highest BCUT2D eigenvalue weighted by molar-refractivity contribution is 6.09. The largest absolute Gasteiger partial charge is 0.497 e. The van der Waals surface area contributed by atoms with Gasteiger partial charge in [0.25, 0.3) is 0 Å². The molecule has 5 aromatic carbocycles. The molecule has 4 aliphatic rings. The first-order valence-electron chi connectivity index (χ1n) is 17.4. The number of hydrogen-bond donors (Lipinski definition) is 1. The quantitative estimate of drug-likeness (QED) is 0.206. The average molecular weight is 667 g/mol. The van der Waals surface area contributed by atoms with E-state index in [-0.39, 0.29) is 16.2 Å². The van der Waals surface area contributed by atoms with Crippen LogP contribution in [0.5, 0.6) is 28.7 Å². The summed E-state index contributed by atoms with van der Waals surface area (Å²) in [4.78, 5) is 0. The van der Waals surface area contributed by atoms with E-state index in [1.807, 2.05) is 36.4 Å². The second-order valence-corrected chi connectivity index (χ2v) is 16.0. The lowest BCUT2D eigenvalue weighted by atomic mass is 9.52. The molecule has 6 heteroatoms. The topological polar surface area (TPSA) is 66.4 Å². The van der Waals surface area contributed by atoms with E-state index < -0.39 is 12.1 Å². The van der Waals surface area contributed by atoms with Crippen LogP contribution in [0.1, 0.15) is 74.8 Å². The molecule has 50 heavy (non-hydrogen) atoms. The second-order valence-electron chi connectivity index (χ2n) is 16.0. The number of hydrogen-bond acceptors (Lipinski definition) is 6. The molecule has 2 aliphatic carbocycles. The highest BCUT2D eigenvalue weighted by Crippen LogP contribution is 2.67. The van der Waals surface area contributed by atoms with Crippen molar-refractivity contribution in [2.24, 2.45) is 10.8 Å². The predicted molar refractivity (Wildman–Crippen MR) is 195 cm³/mol.